The van der Waals surface area contributed by atoms with Crippen LogP contribution in [-0.4, -0.2) is 14.5 Å². The van der Waals surface area contributed by atoms with E-state index in [9.17, 15) is 0 Å². The Morgan fingerprint density at radius 3 is 1.42 bits per heavy atom. The third kappa shape index (κ3) is 3.90. The van der Waals surface area contributed by atoms with E-state index in [4.69, 9.17) is 0 Å². The van der Waals surface area contributed by atoms with Gasteiger partial charge in [-0.05, 0) is 65.6 Å². The number of benzene rings is 2. The molecule has 3 heterocycles. The number of rotatable bonds is 5. The summed E-state index contributed by atoms with van der Waals surface area (Å²) < 4.78 is 2.40. The predicted molar refractivity (Wildman–Crippen MR) is 131 cm³/mol. The molecule has 0 saturated heterocycles. The van der Waals surface area contributed by atoms with E-state index in [0.717, 1.165) is 17.7 Å². The van der Waals surface area contributed by atoms with Gasteiger partial charge >= 0.3 is 0 Å². The minimum atomic E-state index is 0.926. The Morgan fingerprint density at radius 1 is 0.581 bits per heavy atom. The van der Waals surface area contributed by atoms with Crippen LogP contribution in [0.25, 0.3) is 46.1 Å². The van der Waals surface area contributed by atoms with Gasteiger partial charge in [0.25, 0.3) is 0 Å². The minimum absolute atomic E-state index is 0.926. The van der Waals surface area contributed by atoms with Crippen molar-refractivity contribution in [1.29, 1.82) is 0 Å². The molecule has 0 atom stereocenters. The van der Waals surface area contributed by atoms with E-state index in [-0.39, 0.29) is 0 Å². The summed E-state index contributed by atoms with van der Waals surface area (Å²) in [6.45, 7) is 3.13. The lowest BCUT2D eigenvalue weighted by molar-refractivity contribution is 0.827. The fourth-order valence-corrected chi connectivity index (χ4v) is 4.01. The van der Waals surface area contributed by atoms with E-state index in [0.29, 0.717) is 0 Å². The number of aromatic nitrogens is 3. The average Bonchev–Trinajstić information content (AvgIpc) is 3.14. The number of nitrogens with zero attached hydrogens (tertiary/aromatic N) is 3. The monoisotopic (exact) mass is 401 g/mol. The minimum Gasteiger partial charge on any atom is -0.341 e. The highest BCUT2D eigenvalue weighted by Crippen LogP contribution is 2.31. The Kier molecular flexibility index (Phi) is 5.16. The Bertz CT molecular complexity index is 1290. The van der Waals surface area contributed by atoms with E-state index in [1.165, 1.54) is 32.9 Å². The summed E-state index contributed by atoms with van der Waals surface area (Å²) in [5.74, 6) is 0. The molecule has 0 spiro atoms. The van der Waals surface area contributed by atoms with Gasteiger partial charge in [0.2, 0.25) is 0 Å². The lowest BCUT2D eigenvalue weighted by Crippen LogP contribution is -1.93. The Morgan fingerprint density at radius 2 is 1.00 bits per heavy atom. The van der Waals surface area contributed by atoms with Gasteiger partial charge in [-0.15, -0.1) is 0 Å². The zero-order valence-electron chi connectivity index (χ0n) is 17.4. The Labute approximate surface area is 182 Å². The molecule has 150 valence electrons. The van der Waals surface area contributed by atoms with Gasteiger partial charge in [-0.25, -0.2) is 0 Å². The summed E-state index contributed by atoms with van der Waals surface area (Å²) in [6.07, 6.45) is 15.9. The van der Waals surface area contributed by atoms with Gasteiger partial charge in [-0.3, -0.25) is 9.97 Å². The van der Waals surface area contributed by atoms with Gasteiger partial charge in [0.1, 0.15) is 0 Å². The van der Waals surface area contributed by atoms with Gasteiger partial charge in [0.15, 0.2) is 0 Å². The van der Waals surface area contributed by atoms with Crippen LogP contribution >= 0.6 is 0 Å². The molecule has 3 nitrogen and oxygen atoms in total. The molecule has 3 heteroatoms. The van der Waals surface area contributed by atoms with E-state index in [2.05, 4.69) is 82.2 Å². The average molecular weight is 402 g/mol. The molecular formula is C28H23N3. The van der Waals surface area contributed by atoms with Crippen LogP contribution in [0.2, 0.25) is 0 Å². The smallest absolute Gasteiger partial charge is 0.0497 e. The first-order valence-electron chi connectivity index (χ1n) is 10.5. The maximum atomic E-state index is 4.08. The molecule has 0 aliphatic heterocycles. The van der Waals surface area contributed by atoms with Gasteiger partial charge in [0.05, 0.1) is 0 Å². The Balaban J connectivity index is 1.55. The van der Waals surface area contributed by atoms with Crippen LogP contribution in [-0.2, 0) is 6.54 Å². The summed E-state index contributed by atoms with van der Waals surface area (Å²) >= 11 is 0. The van der Waals surface area contributed by atoms with Crippen molar-refractivity contribution >= 4 is 46.1 Å². The predicted octanol–water partition coefficient (Wildman–Crippen LogP) is 6.95. The molecule has 0 aliphatic rings. The number of hydrogen-bond acceptors (Lipinski definition) is 2. The van der Waals surface area contributed by atoms with Gasteiger partial charge in [-0.2, -0.15) is 0 Å². The van der Waals surface area contributed by atoms with Crippen molar-refractivity contribution in [2.24, 2.45) is 0 Å². The van der Waals surface area contributed by atoms with Crippen molar-refractivity contribution in [3.8, 4) is 0 Å². The Hall–Kier alpha value is -3.98. The SMILES string of the molecule is CCn1c2cc(/C=C/c3ccncc3)ccc2c2ccc(/C=C/c3ccncc3)cc21. The maximum Gasteiger partial charge on any atom is 0.0497 e. The van der Waals surface area contributed by atoms with Crippen molar-refractivity contribution in [2.45, 2.75) is 13.5 Å². The standard InChI is InChI=1S/C28H23N3/c1-2-31-27-19-23(5-3-21-11-15-29-16-12-21)7-9-25(27)26-10-8-24(20-28(26)31)6-4-22-13-17-30-18-14-22/h3-20H,2H2,1H3/b5-3+,6-4+. The first kappa shape index (κ1) is 19.0. The topological polar surface area (TPSA) is 30.7 Å². The van der Waals surface area contributed by atoms with Crippen LogP contribution in [0.15, 0.2) is 85.5 Å². The van der Waals surface area contributed by atoms with Crippen molar-refractivity contribution in [3.05, 3.63) is 108 Å². The molecule has 0 saturated carbocycles. The molecule has 0 fully saturated rings. The fraction of sp³-hybridized carbons (Fsp3) is 0.0714. The van der Waals surface area contributed by atoms with Crippen molar-refractivity contribution in [3.63, 3.8) is 0 Å². The second kappa shape index (κ2) is 8.41. The second-order valence-corrected chi connectivity index (χ2v) is 7.53. The maximum absolute atomic E-state index is 4.08. The first-order valence-corrected chi connectivity index (χ1v) is 10.5. The highest BCUT2D eigenvalue weighted by Gasteiger charge is 2.10. The molecule has 31 heavy (non-hydrogen) atoms. The van der Waals surface area contributed by atoms with Gasteiger partial charge < -0.3 is 4.57 Å². The van der Waals surface area contributed by atoms with Gasteiger partial charge in [-0.1, -0.05) is 48.6 Å². The highest BCUT2D eigenvalue weighted by atomic mass is 15.0. The second-order valence-electron chi connectivity index (χ2n) is 7.53. The normalized spacial score (nSPS) is 11.9. The number of aryl methyl sites for hydroxylation is 1. The summed E-state index contributed by atoms with van der Waals surface area (Å²) in [4.78, 5) is 8.16. The molecule has 3 aromatic heterocycles. The number of hydrogen-bond donors (Lipinski definition) is 0. The zero-order chi connectivity index (χ0) is 21.0. The van der Waals surface area contributed by atoms with E-state index >= 15 is 0 Å². The molecule has 0 aliphatic carbocycles. The molecule has 2 aromatic carbocycles. The van der Waals surface area contributed by atoms with Crippen molar-refractivity contribution in [2.75, 3.05) is 0 Å². The van der Waals surface area contributed by atoms with Crippen molar-refractivity contribution in [1.82, 2.24) is 14.5 Å². The molecule has 0 bridgehead atoms. The lowest BCUT2D eigenvalue weighted by Gasteiger charge is -2.04. The van der Waals surface area contributed by atoms with E-state index in [1.807, 2.05) is 49.1 Å². The molecule has 5 rings (SSSR count). The summed E-state index contributed by atoms with van der Waals surface area (Å²) in [5, 5.41) is 2.59. The fourth-order valence-electron chi connectivity index (χ4n) is 4.01. The van der Waals surface area contributed by atoms with Crippen LogP contribution < -0.4 is 0 Å². The van der Waals surface area contributed by atoms with Crippen LogP contribution in [0.1, 0.15) is 29.2 Å². The van der Waals surface area contributed by atoms with Crippen LogP contribution in [0.4, 0.5) is 0 Å². The number of pyridine rings is 2. The summed E-state index contributed by atoms with van der Waals surface area (Å²) in [5.41, 5.74) is 7.22. The number of fused-ring (bicyclic) bond motifs is 3. The molecule has 0 amide bonds. The molecule has 0 N–H and O–H groups in total. The van der Waals surface area contributed by atoms with Crippen LogP contribution in [0.5, 0.6) is 0 Å². The highest BCUT2D eigenvalue weighted by molar-refractivity contribution is 6.09. The summed E-state index contributed by atoms with van der Waals surface area (Å²) in [6, 6.07) is 21.5. The van der Waals surface area contributed by atoms with Crippen molar-refractivity contribution < 1.29 is 0 Å². The third-order valence-corrected chi connectivity index (χ3v) is 5.58. The van der Waals surface area contributed by atoms with Crippen LogP contribution in [0, 0.1) is 0 Å². The molecule has 0 radical (unpaired) electrons. The van der Waals surface area contributed by atoms with E-state index in [1.54, 1.807) is 0 Å². The van der Waals surface area contributed by atoms with Gasteiger partial charge in [0, 0.05) is 53.1 Å². The molecule has 5 aromatic rings. The first-order chi connectivity index (χ1) is 15.3. The largest absolute Gasteiger partial charge is 0.341 e. The molecule has 0 unspecified atom stereocenters. The summed E-state index contributed by atoms with van der Waals surface area (Å²) in [7, 11) is 0. The quantitative estimate of drug-likeness (QED) is 0.319. The lowest BCUT2D eigenvalue weighted by atomic mass is 10.1. The zero-order valence-corrected chi connectivity index (χ0v) is 17.4. The third-order valence-electron chi connectivity index (χ3n) is 5.58. The molecular weight excluding hydrogens is 378 g/mol. The van der Waals surface area contributed by atoms with E-state index < -0.39 is 0 Å². The van der Waals surface area contributed by atoms with Crippen LogP contribution in [0.3, 0.4) is 0 Å².